The molecule has 3 aromatic rings. The molecule has 1 amide bonds. The molecule has 0 unspecified atom stereocenters. The van der Waals surface area contributed by atoms with Gasteiger partial charge >= 0.3 is 0 Å². The fraction of sp³-hybridized carbons (Fsp3) is 0.440. The van der Waals surface area contributed by atoms with Crippen LogP contribution in [0.25, 0.3) is 11.0 Å². The first kappa shape index (κ1) is 21.6. The van der Waals surface area contributed by atoms with Crippen molar-refractivity contribution in [1.29, 1.82) is 0 Å². The molecule has 0 bridgehead atoms. The molecule has 1 saturated carbocycles. The number of ether oxygens (including phenoxy) is 2. The number of anilines is 1. The van der Waals surface area contributed by atoms with Crippen molar-refractivity contribution in [3.63, 3.8) is 0 Å². The van der Waals surface area contributed by atoms with E-state index in [1.165, 1.54) is 0 Å². The fourth-order valence-electron chi connectivity index (χ4n) is 4.60. The number of aryl methyl sites for hydroxylation is 1. The van der Waals surface area contributed by atoms with E-state index in [0.29, 0.717) is 5.69 Å². The van der Waals surface area contributed by atoms with Crippen molar-refractivity contribution in [3.05, 3.63) is 54.1 Å². The van der Waals surface area contributed by atoms with Gasteiger partial charge in [0, 0.05) is 49.5 Å². The smallest absolute Gasteiger partial charge is 0.270 e. The molecule has 5 rings (SSSR count). The summed E-state index contributed by atoms with van der Waals surface area (Å²) in [5.41, 5.74) is 4.10. The zero-order chi connectivity index (χ0) is 22.6. The Balaban J connectivity index is 1.25. The van der Waals surface area contributed by atoms with Crippen LogP contribution in [-0.2, 0) is 4.74 Å². The Bertz CT molecular complexity index is 1120. The fourth-order valence-corrected chi connectivity index (χ4v) is 4.60. The summed E-state index contributed by atoms with van der Waals surface area (Å²) < 4.78 is 12.0. The number of nitrogens with zero attached hydrogens (tertiary/aromatic N) is 4. The lowest BCUT2D eigenvalue weighted by Crippen LogP contribution is -2.40. The molecule has 8 heteroatoms. The van der Waals surface area contributed by atoms with E-state index >= 15 is 0 Å². The Kier molecular flexibility index (Phi) is 6.35. The number of pyridine rings is 1. The normalized spacial score (nSPS) is 21.1. The van der Waals surface area contributed by atoms with Gasteiger partial charge in [0.2, 0.25) is 0 Å². The van der Waals surface area contributed by atoms with Crippen LogP contribution >= 0.6 is 0 Å². The van der Waals surface area contributed by atoms with Gasteiger partial charge in [-0.3, -0.25) is 14.8 Å². The summed E-state index contributed by atoms with van der Waals surface area (Å²) in [6, 6.07) is 8.05. The number of aromatic nitrogens is 3. The number of benzene rings is 1. The maximum absolute atomic E-state index is 12.6. The molecule has 33 heavy (non-hydrogen) atoms. The molecule has 0 radical (unpaired) electrons. The third-order valence-electron chi connectivity index (χ3n) is 6.43. The van der Waals surface area contributed by atoms with Crippen LogP contribution in [-0.4, -0.2) is 59.3 Å². The second kappa shape index (κ2) is 9.70. The number of fused-ring (bicyclic) bond motifs is 1. The summed E-state index contributed by atoms with van der Waals surface area (Å²) in [5, 5.41) is 3.14. The molecule has 1 aliphatic heterocycles. The zero-order valence-corrected chi connectivity index (χ0v) is 18.9. The second-order valence-electron chi connectivity index (χ2n) is 8.70. The third-order valence-corrected chi connectivity index (χ3v) is 6.43. The lowest BCUT2D eigenvalue weighted by molar-refractivity contribution is 0.0889. The van der Waals surface area contributed by atoms with E-state index in [-0.39, 0.29) is 18.1 Å². The average Bonchev–Trinajstić information content (AvgIpc) is 2.86. The Hall–Kier alpha value is -3.26. The number of carbonyl (C=O) groups excluding carboxylic acids is 1. The van der Waals surface area contributed by atoms with E-state index in [9.17, 15) is 4.79 Å². The zero-order valence-electron chi connectivity index (χ0n) is 18.9. The summed E-state index contributed by atoms with van der Waals surface area (Å²) in [6.45, 7) is 5.06. The molecule has 1 saturated heterocycles. The van der Waals surface area contributed by atoms with Gasteiger partial charge in [-0.05, 0) is 50.3 Å². The maximum Gasteiger partial charge on any atom is 0.270 e. The van der Waals surface area contributed by atoms with Crippen molar-refractivity contribution >= 4 is 22.6 Å². The highest BCUT2D eigenvalue weighted by atomic mass is 16.5. The number of nitrogens with one attached hydrogen (secondary N) is 1. The van der Waals surface area contributed by atoms with E-state index in [1.54, 1.807) is 18.6 Å². The predicted octanol–water partition coefficient (Wildman–Crippen LogP) is 3.29. The lowest BCUT2D eigenvalue weighted by Gasteiger charge is -2.31. The van der Waals surface area contributed by atoms with Crippen LogP contribution in [0.15, 0.2) is 42.9 Å². The molecule has 1 aliphatic carbocycles. The summed E-state index contributed by atoms with van der Waals surface area (Å²) >= 11 is 0. The van der Waals surface area contributed by atoms with E-state index in [0.717, 1.165) is 80.0 Å². The number of hydrogen-bond acceptors (Lipinski definition) is 7. The van der Waals surface area contributed by atoms with Crippen LogP contribution in [0.1, 0.15) is 41.7 Å². The van der Waals surface area contributed by atoms with Crippen LogP contribution in [0, 0.1) is 6.92 Å². The first-order chi connectivity index (χ1) is 16.2. The van der Waals surface area contributed by atoms with Crippen molar-refractivity contribution < 1.29 is 14.3 Å². The van der Waals surface area contributed by atoms with Gasteiger partial charge in [0.1, 0.15) is 17.0 Å². The minimum absolute atomic E-state index is 0.0832. The molecular weight excluding hydrogens is 418 g/mol. The molecule has 0 spiro atoms. The highest BCUT2D eigenvalue weighted by Gasteiger charge is 2.26. The molecule has 1 N–H and O–H groups in total. The highest BCUT2D eigenvalue weighted by Crippen LogP contribution is 2.33. The van der Waals surface area contributed by atoms with Gasteiger partial charge in [-0.2, -0.15) is 0 Å². The van der Waals surface area contributed by atoms with Gasteiger partial charge < -0.3 is 19.7 Å². The summed E-state index contributed by atoms with van der Waals surface area (Å²) in [5.74, 6) is 0.677. The van der Waals surface area contributed by atoms with E-state index in [1.807, 2.05) is 19.1 Å². The van der Waals surface area contributed by atoms with Crippen LogP contribution in [0.2, 0.25) is 0 Å². The first-order valence-corrected chi connectivity index (χ1v) is 11.6. The quantitative estimate of drug-likeness (QED) is 0.642. The standard InChI is InChI=1S/C25H29N5O3/c1-17-3-2-8-27-23(17)25(31)29-18-4-6-20(7-5-18)33-22-16-19(30-11-13-32-14-12-30)15-21-24(22)28-10-9-26-21/h2-3,8-10,15-16,18,20H,4-7,11-14H2,1H3,(H,29,31). The maximum atomic E-state index is 12.6. The van der Waals surface area contributed by atoms with Gasteiger partial charge in [0.25, 0.3) is 5.91 Å². The van der Waals surface area contributed by atoms with Gasteiger partial charge in [0.15, 0.2) is 0 Å². The van der Waals surface area contributed by atoms with Crippen molar-refractivity contribution in [2.75, 3.05) is 31.2 Å². The number of rotatable bonds is 5. The van der Waals surface area contributed by atoms with Gasteiger partial charge in [-0.25, -0.2) is 4.98 Å². The van der Waals surface area contributed by atoms with E-state index in [4.69, 9.17) is 9.47 Å². The number of morpholine rings is 1. The minimum Gasteiger partial charge on any atom is -0.488 e. The van der Waals surface area contributed by atoms with E-state index < -0.39 is 0 Å². The topological polar surface area (TPSA) is 89.5 Å². The number of hydrogen-bond donors (Lipinski definition) is 1. The van der Waals surface area contributed by atoms with Crippen molar-refractivity contribution in [2.24, 2.45) is 0 Å². The average molecular weight is 448 g/mol. The van der Waals surface area contributed by atoms with Crippen molar-refractivity contribution in [3.8, 4) is 5.75 Å². The van der Waals surface area contributed by atoms with Gasteiger partial charge in [-0.1, -0.05) is 6.07 Å². The van der Waals surface area contributed by atoms with Crippen LogP contribution in [0.5, 0.6) is 5.75 Å². The lowest BCUT2D eigenvalue weighted by atomic mass is 9.92. The molecular formula is C25H29N5O3. The van der Waals surface area contributed by atoms with Gasteiger partial charge in [-0.15, -0.1) is 0 Å². The molecule has 0 atom stereocenters. The molecule has 2 aliphatic rings. The largest absolute Gasteiger partial charge is 0.488 e. The number of carbonyl (C=O) groups is 1. The molecule has 8 nitrogen and oxygen atoms in total. The predicted molar refractivity (Wildman–Crippen MR) is 126 cm³/mol. The van der Waals surface area contributed by atoms with Gasteiger partial charge in [0.05, 0.1) is 24.8 Å². The first-order valence-electron chi connectivity index (χ1n) is 11.6. The van der Waals surface area contributed by atoms with Crippen molar-refractivity contribution in [1.82, 2.24) is 20.3 Å². The molecule has 2 aromatic heterocycles. The molecule has 3 heterocycles. The van der Waals surface area contributed by atoms with Crippen LogP contribution < -0.4 is 15.0 Å². The van der Waals surface area contributed by atoms with Crippen LogP contribution in [0.3, 0.4) is 0 Å². The summed E-state index contributed by atoms with van der Waals surface area (Å²) in [4.78, 5) is 28.2. The summed E-state index contributed by atoms with van der Waals surface area (Å²) in [7, 11) is 0. The third kappa shape index (κ3) is 4.90. The van der Waals surface area contributed by atoms with Crippen LogP contribution in [0.4, 0.5) is 5.69 Å². The molecule has 172 valence electrons. The second-order valence-corrected chi connectivity index (χ2v) is 8.70. The Morgan fingerprint density at radius 1 is 1.06 bits per heavy atom. The molecule has 2 fully saturated rings. The van der Waals surface area contributed by atoms with E-state index in [2.05, 4.69) is 37.3 Å². The van der Waals surface area contributed by atoms with Crippen molar-refractivity contribution in [2.45, 2.75) is 44.8 Å². The Morgan fingerprint density at radius 3 is 2.64 bits per heavy atom. The summed E-state index contributed by atoms with van der Waals surface area (Å²) in [6.07, 6.45) is 8.64. The SMILES string of the molecule is Cc1cccnc1C(=O)NC1CCC(Oc2cc(N3CCOCC3)cc3nccnc23)CC1. The monoisotopic (exact) mass is 447 g/mol. The number of amides is 1. The Morgan fingerprint density at radius 2 is 1.85 bits per heavy atom. The molecule has 1 aromatic carbocycles. The highest BCUT2D eigenvalue weighted by molar-refractivity contribution is 5.93. The Labute approximate surface area is 193 Å². The minimum atomic E-state index is -0.100.